The Hall–Kier alpha value is -3.38. The van der Waals surface area contributed by atoms with E-state index in [4.69, 9.17) is 21.3 Å². The normalized spacial score (nSPS) is 11.0. The van der Waals surface area contributed by atoms with Gasteiger partial charge in [0.2, 0.25) is 0 Å². The van der Waals surface area contributed by atoms with Crippen LogP contribution in [0.2, 0.25) is 5.02 Å². The summed E-state index contributed by atoms with van der Waals surface area (Å²) in [5, 5.41) is 8.09. The number of halogens is 1. The number of nitrogens with zero attached hydrogens (tertiary/aromatic N) is 3. The Morgan fingerprint density at radius 1 is 1.16 bits per heavy atom. The molecule has 7 heteroatoms. The topological polar surface area (TPSA) is 68.5 Å². The van der Waals surface area contributed by atoms with E-state index >= 15 is 0 Å². The van der Waals surface area contributed by atoms with Gasteiger partial charge in [-0.2, -0.15) is 5.10 Å². The standard InChI is InChI=1S/C24H23ClN4O2/c1-15-20(12-18-8-4-5-10-22(18)25)16(2)29-23(28-15)21(14-27-29)24(30)26-13-17-7-6-9-19(11-17)31-3/h4-11,14H,12-13H2,1-3H3,(H,26,30). The minimum atomic E-state index is -0.219. The molecule has 0 fully saturated rings. The molecule has 2 aromatic carbocycles. The molecule has 0 saturated carbocycles. The average Bonchev–Trinajstić information content (AvgIpc) is 3.20. The number of nitrogens with one attached hydrogen (secondary N) is 1. The fourth-order valence-electron chi connectivity index (χ4n) is 3.62. The lowest BCUT2D eigenvalue weighted by molar-refractivity contribution is 0.0952. The third-order valence-corrected chi connectivity index (χ3v) is 5.73. The second-order valence-electron chi connectivity index (χ2n) is 7.36. The molecule has 0 atom stereocenters. The van der Waals surface area contributed by atoms with Gasteiger partial charge in [0.05, 0.1) is 13.3 Å². The van der Waals surface area contributed by atoms with E-state index in [1.165, 1.54) is 0 Å². The van der Waals surface area contributed by atoms with Crippen molar-refractivity contribution in [3.8, 4) is 5.75 Å². The van der Waals surface area contributed by atoms with E-state index in [1.54, 1.807) is 17.8 Å². The molecule has 0 bridgehead atoms. The van der Waals surface area contributed by atoms with Crippen LogP contribution in [0.3, 0.4) is 0 Å². The van der Waals surface area contributed by atoms with Crippen LogP contribution in [0.25, 0.3) is 5.65 Å². The van der Waals surface area contributed by atoms with Crippen molar-refractivity contribution in [1.29, 1.82) is 0 Å². The number of carbonyl (C=O) groups excluding carboxylic acids is 1. The number of ether oxygens (including phenoxy) is 1. The van der Waals surface area contributed by atoms with Crippen molar-refractivity contribution in [2.24, 2.45) is 0 Å². The van der Waals surface area contributed by atoms with E-state index in [0.29, 0.717) is 24.2 Å². The largest absolute Gasteiger partial charge is 0.497 e. The number of methoxy groups -OCH3 is 1. The zero-order valence-electron chi connectivity index (χ0n) is 17.6. The van der Waals surface area contributed by atoms with Gasteiger partial charge in [-0.3, -0.25) is 4.79 Å². The lowest BCUT2D eigenvalue weighted by Crippen LogP contribution is -2.23. The number of benzene rings is 2. The van der Waals surface area contributed by atoms with Gasteiger partial charge in [0, 0.05) is 29.4 Å². The van der Waals surface area contributed by atoms with Crippen LogP contribution in [0.1, 0.15) is 38.4 Å². The van der Waals surface area contributed by atoms with Crippen LogP contribution in [-0.2, 0) is 13.0 Å². The molecule has 1 N–H and O–H groups in total. The van der Waals surface area contributed by atoms with Crippen molar-refractivity contribution in [2.75, 3.05) is 7.11 Å². The molecule has 1 amide bonds. The first kappa shape index (κ1) is 20.9. The first-order valence-corrected chi connectivity index (χ1v) is 10.3. The average molecular weight is 435 g/mol. The number of aryl methyl sites for hydroxylation is 2. The van der Waals surface area contributed by atoms with E-state index in [1.807, 2.05) is 62.4 Å². The summed E-state index contributed by atoms with van der Waals surface area (Å²) >= 11 is 6.34. The summed E-state index contributed by atoms with van der Waals surface area (Å²) < 4.78 is 6.96. The molecule has 4 aromatic rings. The molecule has 2 aromatic heterocycles. The predicted molar refractivity (Wildman–Crippen MR) is 121 cm³/mol. The van der Waals surface area contributed by atoms with Crippen molar-refractivity contribution < 1.29 is 9.53 Å². The van der Waals surface area contributed by atoms with Crippen LogP contribution < -0.4 is 10.1 Å². The van der Waals surface area contributed by atoms with Gasteiger partial charge in [0.1, 0.15) is 11.3 Å². The first-order valence-electron chi connectivity index (χ1n) is 9.96. The maximum absolute atomic E-state index is 12.8. The second kappa shape index (κ2) is 8.78. The van der Waals surface area contributed by atoms with Gasteiger partial charge in [-0.25, -0.2) is 9.50 Å². The highest BCUT2D eigenvalue weighted by atomic mass is 35.5. The lowest BCUT2D eigenvalue weighted by Gasteiger charge is -2.12. The van der Waals surface area contributed by atoms with Crippen molar-refractivity contribution in [2.45, 2.75) is 26.8 Å². The van der Waals surface area contributed by atoms with Gasteiger partial charge < -0.3 is 10.1 Å². The highest BCUT2D eigenvalue weighted by Gasteiger charge is 2.19. The number of fused-ring (bicyclic) bond motifs is 1. The Morgan fingerprint density at radius 2 is 1.97 bits per heavy atom. The van der Waals surface area contributed by atoms with Crippen molar-refractivity contribution in [3.63, 3.8) is 0 Å². The van der Waals surface area contributed by atoms with Crippen LogP contribution >= 0.6 is 11.6 Å². The fraction of sp³-hybridized carbons (Fsp3) is 0.208. The fourth-order valence-corrected chi connectivity index (χ4v) is 3.82. The summed E-state index contributed by atoms with van der Waals surface area (Å²) in [6, 6.07) is 15.4. The Kier molecular flexibility index (Phi) is 5.91. The first-order chi connectivity index (χ1) is 15.0. The quantitative estimate of drug-likeness (QED) is 0.484. The van der Waals surface area contributed by atoms with E-state index in [0.717, 1.165) is 38.9 Å². The molecule has 0 saturated heterocycles. The Labute approximate surface area is 185 Å². The van der Waals surface area contributed by atoms with E-state index in [9.17, 15) is 4.79 Å². The maximum atomic E-state index is 12.8. The zero-order valence-corrected chi connectivity index (χ0v) is 18.4. The third-order valence-electron chi connectivity index (χ3n) is 5.37. The number of rotatable bonds is 6. The Morgan fingerprint density at radius 3 is 2.74 bits per heavy atom. The summed E-state index contributed by atoms with van der Waals surface area (Å²) in [7, 11) is 1.62. The number of hydrogen-bond donors (Lipinski definition) is 1. The maximum Gasteiger partial charge on any atom is 0.257 e. The molecule has 4 rings (SSSR count). The SMILES string of the molecule is COc1cccc(CNC(=O)c2cnn3c(C)c(Cc4ccccc4Cl)c(C)nc23)c1. The minimum Gasteiger partial charge on any atom is -0.497 e. The summed E-state index contributed by atoms with van der Waals surface area (Å²) in [6.07, 6.45) is 2.21. The van der Waals surface area contributed by atoms with Gasteiger partial charge in [0.25, 0.3) is 5.91 Å². The molecule has 0 spiro atoms. The zero-order chi connectivity index (χ0) is 22.0. The van der Waals surface area contributed by atoms with Gasteiger partial charge in [0.15, 0.2) is 5.65 Å². The molecule has 0 unspecified atom stereocenters. The summed E-state index contributed by atoms with van der Waals surface area (Å²) in [5.41, 5.74) is 5.81. The molecule has 2 heterocycles. The predicted octanol–water partition coefficient (Wildman–Crippen LogP) is 4.53. The van der Waals surface area contributed by atoms with Crippen LogP contribution in [0.15, 0.2) is 54.7 Å². The molecule has 0 aliphatic carbocycles. The number of hydrogen-bond acceptors (Lipinski definition) is 4. The van der Waals surface area contributed by atoms with Gasteiger partial charge in [-0.1, -0.05) is 41.9 Å². The number of amides is 1. The summed E-state index contributed by atoms with van der Waals surface area (Å²) in [5.74, 6) is 0.532. The monoisotopic (exact) mass is 434 g/mol. The number of carbonyl (C=O) groups is 1. The van der Waals surface area contributed by atoms with Gasteiger partial charge >= 0.3 is 0 Å². The van der Waals surface area contributed by atoms with E-state index in [-0.39, 0.29) is 5.91 Å². The van der Waals surface area contributed by atoms with Gasteiger partial charge in [-0.05, 0) is 48.7 Å². The smallest absolute Gasteiger partial charge is 0.257 e. The van der Waals surface area contributed by atoms with Crippen molar-refractivity contribution in [3.05, 3.63) is 93.4 Å². The Balaban J connectivity index is 1.60. The highest BCUT2D eigenvalue weighted by molar-refractivity contribution is 6.31. The molecular weight excluding hydrogens is 412 g/mol. The van der Waals surface area contributed by atoms with Crippen LogP contribution in [-0.4, -0.2) is 27.6 Å². The summed E-state index contributed by atoms with van der Waals surface area (Å²) in [6.45, 7) is 4.32. The highest BCUT2D eigenvalue weighted by Crippen LogP contribution is 2.24. The lowest BCUT2D eigenvalue weighted by atomic mass is 10.0. The number of aromatic nitrogens is 3. The van der Waals surface area contributed by atoms with Crippen LogP contribution in [0, 0.1) is 13.8 Å². The molecule has 0 radical (unpaired) electrons. The molecule has 158 valence electrons. The Bertz CT molecular complexity index is 1270. The minimum absolute atomic E-state index is 0.219. The van der Waals surface area contributed by atoms with Crippen molar-refractivity contribution in [1.82, 2.24) is 19.9 Å². The molecule has 6 nitrogen and oxygen atoms in total. The van der Waals surface area contributed by atoms with E-state index in [2.05, 4.69) is 10.4 Å². The van der Waals surface area contributed by atoms with Gasteiger partial charge in [-0.15, -0.1) is 0 Å². The molecule has 31 heavy (non-hydrogen) atoms. The molecule has 0 aliphatic heterocycles. The third kappa shape index (κ3) is 4.25. The molecule has 0 aliphatic rings. The van der Waals surface area contributed by atoms with Crippen LogP contribution in [0.5, 0.6) is 5.75 Å². The summed E-state index contributed by atoms with van der Waals surface area (Å²) in [4.78, 5) is 17.5. The van der Waals surface area contributed by atoms with Crippen molar-refractivity contribution >= 4 is 23.2 Å². The second-order valence-corrected chi connectivity index (χ2v) is 7.76. The van der Waals surface area contributed by atoms with Crippen LogP contribution in [0.4, 0.5) is 0 Å². The molecular formula is C24H23ClN4O2. The van der Waals surface area contributed by atoms with E-state index < -0.39 is 0 Å².